The third kappa shape index (κ3) is 12.7. The van der Waals surface area contributed by atoms with Gasteiger partial charge < -0.3 is 26.0 Å². The Morgan fingerprint density at radius 3 is 2.33 bits per heavy atom. The molecule has 1 aromatic rings. The molecule has 0 aliphatic rings. The SMILES string of the molecule is CCNC(=NCCCNC(=O)OC(C)(C)C)NCCNC(=O)c1ccccc1Cl.I. The van der Waals surface area contributed by atoms with Crippen LogP contribution in [0.2, 0.25) is 5.02 Å². The maximum atomic E-state index is 12.1. The van der Waals surface area contributed by atoms with Crippen molar-refractivity contribution in [3.05, 3.63) is 34.9 Å². The van der Waals surface area contributed by atoms with Crippen molar-refractivity contribution in [2.45, 2.75) is 39.7 Å². The molecule has 10 heteroatoms. The molecule has 0 radical (unpaired) electrons. The third-order valence-corrected chi connectivity index (χ3v) is 3.77. The van der Waals surface area contributed by atoms with Crippen LogP contribution in [0.3, 0.4) is 0 Å². The summed E-state index contributed by atoms with van der Waals surface area (Å²) in [5, 5.41) is 12.2. The van der Waals surface area contributed by atoms with Crippen molar-refractivity contribution in [2.75, 3.05) is 32.7 Å². The molecule has 0 aliphatic heterocycles. The Bertz CT molecular complexity index is 695. The molecule has 30 heavy (non-hydrogen) atoms. The third-order valence-electron chi connectivity index (χ3n) is 3.44. The zero-order chi connectivity index (χ0) is 21.7. The van der Waals surface area contributed by atoms with Crippen LogP contribution in [0.4, 0.5) is 4.79 Å². The minimum atomic E-state index is -0.508. The molecule has 170 valence electrons. The predicted molar refractivity (Wildman–Crippen MR) is 132 cm³/mol. The van der Waals surface area contributed by atoms with Gasteiger partial charge in [0, 0.05) is 32.7 Å². The zero-order valence-corrected chi connectivity index (χ0v) is 21.1. The van der Waals surface area contributed by atoms with Crippen molar-refractivity contribution in [3.63, 3.8) is 0 Å². The van der Waals surface area contributed by atoms with E-state index in [0.717, 1.165) is 0 Å². The fourth-order valence-electron chi connectivity index (χ4n) is 2.21. The molecule has 0 aliphatic carbocycles. The molecule has 0 saturated heterocycles. The Morgan fingerprint density at radius 2 is 1.70 bits per heavy atom. The van der Waals surface area contributed by atoms with Crippen molar-refractivity contribution in [1.29, 1.82) is 0 Å². The average Bonchev–Trinajstić information content (AvgIpc) is 2.63. The number of halogens is 2. The van der Waals surface area contributed by atoms with Crippen molar-refractivity contribution < 1.29 is 14.3 Å². The van der Waals surface area contributed by atoms with E-state index in [0.29, 0.717) is 55.7 Å². The highest BCUT2D eigenvalue weighted by molar-refractivity contribution is 14.0. The molecule has 0 atom stereocenters. The van der Waals surface area contributed by atoms with Crippen LogP contribution in [0.5, 0.6) is 0 Å². The number of carbonyl (C=O) groups excluding carboxylic acids is 2. The summed E-state index contributed by atoms with van der Waals surface area (Å²) in [5.74, 6) is 0.435. The molecule has 0 heterocycles. The second kappa shape index (κ2) is 15.1. The number of guanidine groups is 1. The second-order valence-corrected chi connectivity index (χ2v) is 7.61. The predicted octanol–water partition coefficient (Wildman–Crippen LogP) is 3.16. The summed E-state index contributed by atoms with van der Waals surface area (Å²) in [5.41, 5.74) is -0.0572. The average molecular weight is 554 g/mol. The number of hydrogen-bond acceptors (Lipinski definition) is 4. The van der Waals surface area contributed by atoms with Gasteiger partial charge in [-0.1, -0.05) is 23.7 Å². The number of nitrogens with zero attached hydrogens (tertiary/aromatic N) is 1. The van der Waals surface area contributed by atoms with Gasteiger partial charge in [-0.05, 0) is 46.2 Å². The normalized spacial score (nSPS) is 11.2. The fraction of sp³-hybridized carbons (Fsp3) is 0.550. The van der Waals surface area contributed by atoms with Crippen LogP contribution in [0.1, 0.15) is 44.5 Å². The minimum Gasteiger partial charge on any atom is -0.444 e. The Labute approximate surface area is 201 Å². The Hall–Kier alpha value is -1.75. The number of amides is 2. The number of alkyl carbamates (subject to hydrolysis) is 1. The molecule has 0 fully saturated rings. The lowest BCUT2D eigenvalue weighted by Gasteiger charge is -2.19. The van der Waals surface area contributed by atoms with Gasteiger partial charge >= 0.3 is 6.09 Å². The van der Waals surface area contributed by atoms with Crippen LogP contribution in [0.15, 0.2) is 29.3 Å². The van der Waals surface area contributed by atoms with Crippen LogP contribution in [-0.4, -0.2) is 56.3 Å². The molecule has 0 spiro atoms. The van der Waals surface area contributed by atoms with Crippen LogP contribution in [0, 0.1) is 0 Å². The fourth-order valence-corrected chi connectivity index (χ4v) is 2.44. The molecule has 8 nitrogen and oxygen atoms in total. The van der Waals surface area contributed by atoms with E-state index in [2.05, 4.69) is 26.3 Å². The van der Waals surface area contributed by atoms with Gasteiger partial charge in [-0.15, -0.1) is 24.0 Å². The van der Waals surface area contributed by atoms with Crippen LogP contribution in [-0.2, 0) is 4.74 Å². The lowest BCUT2D eigenvalue weighted by atomic mass is 10.2. The van der Waals surface area contributed by atoms with Crippen molar-refractivity contribution in [2.24, 2.45) is 4.99 Å². The topological polar surface area (TPSA) is 104 Å². The highest BCUT2D eigenvalue weighted by Crippen LogP contribution is 2.14. The molecular weight excluding hydrogens is 521 g/mol. The lowest BCUT2D eigenvalue weighted by Crippen LogP contribution is -2.41. The summed E-state index contributed by atoms with van der Waals surface area (Å²) in [6.07, 6.45) is 0.250. The van der Waals surface area contributed by atoms with Gasteiger partial charge in [0.05, 0.1) is 10.6 Å². The van der Waals surface area contributed by atoms with Crippen molar-refractivity contribution in [1.82, 2.24) is 21.3 Å². The standard InChI is InChI=1S/C20H32ClN5O3.HI/c1-5-22-18(24-11-8-12-26-19(28)29-20(2,3)4)25-14-13-23-17(27)15-9-6-7-10-16(15)21;/h6-7,9-10H,5,8,11-14H2,1-4H3,(H,23,27)(H,26,28)(H2,22,24,25);1H. The summed E-state index contributed by atoms with van der Waals surface area (Å²) in [6, 6.07) is 6.92. The molecule has 0 bridgehead atoms. The molecule has 0 unspecified atom stereocenters. The summed E-state index contributed by atoms with van der Waals surface area (Å²) in [7, 11) is 0. The molecule has 1 aromatic carbocycles. The molecular formula is C20H33ClIN5O3. The van der Waals surface area contributed by atoms with Gasteiger partial charge in [-0.25, -0.2) is 4.79 Å². The van der Waals surface area contributed by atoms with Gasteiger partial charge in [0.15, 0.2) is 5.96 Å². The van der Waals surface area contributed by atoms with Crippen LogP contribution < -0.4 is 21.3 Å². The van der Waals surface area contributed by atoms with E-state index < -0.39 is 11.7 Å². The molecule has 0 aromatic heterocycles. The first-order valence-corrected chi connectivity index (χ1v) is 10.1. The highest BCUT2D eigenvalue weighted by Gasteiger charge is 2.15. The highest BCUT2D eigenvalue weighted by atomic mass is 127. The largest absolute Gasteiger partial charge is 0.444 e. The molecule has 4 N–H and O–H groups in total. The van der Waals surface area contributed by atoms with Crippen molar-refractivity contribution >= 4 is 53.5 Å². The van der Waals surface area contributed by atoms with Crippen LogP contribution >= 0.6 is 35.6 Å². The van der Waals surface area contributed by atoms with E-state index in [1.54, 1.807) is 24.3 Å². The number of hydrogen-bond donors (Lipinski definition) is 4. The maximum Gasteiger partial charge on any atom is 0.407 e. The molecule has 2 amide bonds. The molecule has 1 rings (SSSR count). The Kier molecular flexibility index (Phi) is 14.2. The first kappa shape index (κ1) is 28.2. The van der Waals surface area contributed by atoms with Gasteiger partial charge in [0.25, 0.3) is 5.91 Å². The van der Waals surface area contributed by atoms with E-state index in [4.69, 9.17) is 16.3 Å². The van der Waals surface area contributed by atoms with E-state index >= 15 is 0 Å². The number of aliphatic imine (C=N–C) groups is 1. The summed E-state index contributed by atoms with van der Waals surface area (Å²) < 4.78 is 5.17. The Morgan fingerprint density at radius 1 is 1.03 bits per heavy atom. The summed E-state index contributed by atoms with van der Waals surface area (Å²) in [6.45, 7) is 10.1. The number of carbonyl (C=O) groups is 2. The summed E-state index contributed by atoms with van der Waals surface area (Å²) in [4.78, 5) is 28.1. The lowest BCUT2D eigenvalue weighted by molar-refractivity contribution is 0.0527. The van der Waals surface area contributed by atoms with E-state index in [9.17, 15) is 9.59 Å². The minimum absolute atomic E-state index is 0. The van der Waals surface area contributed by atoms with Gasteiger partial charge in [-0.3, -0.25) is 9.79 Å². The molecule has 0 saturated carbocycles. The number of benzene rings is 1. The monoisotopic (exact) mass is 553 g/mol. The van der Waals surface area contributed by atoms with Gasteiger partial charge in [-0.2, -0.15) is 0 Å². The first-order valence-electron chi connectivity index (χ1n) is 9.74. The van der Waals surface area contributed by atoms with Gasteiger partial charge in [0.2, 0.25) is 0 Å². The van der Waals surface area contributed by atoms with Crippen LogP contribution in [0.25, 0.3) is 0 Å². The second-order valence-electron chi connectivity index (χ2n) is 7.21. The van der Waals surface area contributed by atoms with E-state index in [1.807, 2.05) is 27.7 Å². The number of rotatable bonds is 9. The van der Waals surface area contributed by atoms with Crippen molar-refractivity contribution in [3.8, 4) is 0 Å². The number of nitrogens with one attached hydrogen (secondary N) is 4. The first-order chi connectivity index (χ1) is 13.7. The number of ether oxygens (including phenoxy) is 1. The quantitative estimate of drug-likeness (QED) is 0.163. The maximum absolute atomic E-state index is 12.1. The van der Waals surface area contributed by atoms with Gasteiger partial charge in [0.1, 0.15) is 5.60 Å². The van der Waals surface area contributed by atoms with E-state index in [1.165, 1.54) is 0 Å². The zero-order valence-electron chi connectivity index (χ0n) is 18.0. The summed E-state index contributed by atoms with van der Waals surface area (Å²) >= 11 is 6.02. The smallest absolute Gasteiger partial charge is 0.407 e. The Balaban J connectivity index is 0.00000841. The van der Waals surface area contributed by atoms with E-state index in [-0.39, 0.29) is 29.9 Å².